The summed E-state index contributed by atoms with van der Waals surface area (Å²) in [5, 5.41) is -0.647. The first-order valence-electron chi connectivity index (χ1n) is 5.64. The van der Waals surface area contributed by atoms with Crippen LogP contribution in [0.5, 0.6) is 11.5 Å². The number of nitrogens with one attached hydrogen (secondary N) is 1. The van der Waals surface area contributed by atoms with Crippen LogP contribution < -0.4 is 19.9 Å². The van der Waals surface area contributed by atoms with Crippen LogP contribution in [0.2, 0.25) is 0 Å². The van der Waals surface area contributed by atoms with Crippen LogP contribution in [0.15, 0.2) is 18.2 Å². The highest BCUT2D eigenvalue weighted by Gasteiger charge is 2.20. The molecular weight excluding hydrogens is 256 g/mol. The lowest BCUT2D eigenvalue weighted by atomic mass is 10.3. The summed E-state index contributed by atoms with van der Waals surface area (Å²) in [7, 11) is -3.46. The van der Waals surface area contributed by atoms with E-state index in [2.05, 4.69) is 4.72 Å². The van der Waals surface area contributed by atoms with Crippen LogP contribution in [0.4, 0.5) is 5.69 Å². The Balaban J connectivity index is 2.20. The molecule has 1 heterocycles. The molecule has 0 aromatic heterocycles. The van der Waals surface area contributed by atoms with Crippen molar-refractivity contribution in [2.45, 2.75) is 12.2 Å². The minimum atomic E-state index is -3.46. The molecule has 1 aromatic carbocycles. The second kappa shape index (κ2) is 5.03. The molecule has 0 fully saturated rings. The average molecular weight is 272 g/mol. The maximum atomic E-state index is 11.8. The molecule has 1 unspecified atom stereocenters. The van der Waals surface area contributed by atoms with Crippen LogP contribution in [0, 0.1) is 0 Å². The maximum Gasteiger partial charge on any atom is 0.236 e. The van der Waals surface area contributed by atoms with Crippen LogP contribution in [0.3, 0.4) is 0 Å². The van der Waals surface area contributed by atoms with Gasteiger partial charge in [-0.1, -0.05) is 0 Å². The second-order valence-electron chi connectivity index (χ2n) is 4.05. The number of nitrogens with two attached hydrogens (primary N) is 1. The zero-order valence-electron chi connectivity index (χ0n) is 10.0. The standard InChI is InChI=1S/C11H16N2O4S/c1-8(7-12)18(14,15)13-9-2-3-10-11(6-9)17-5-4-16-10/h2-3,6,8,13H,4-5,7,12H2,1H3. The Labute approximate surface area is 106 Å². The molecule has 0 amide bonds. The van der Waals surface area contributed by atoms with Crippen molar-refractivity contribution in [2.75, 3.05) is 24.5 Å². The quantitative estimate of drug-likeness (QED) is 0.835. The van der Waals surface area contributed by atoms with Crippen LogP contribution in [-0.2, 0) is 10.0 Å². The molecule has 7 heteroatoms. The van der Waals surface area contributed by atoms with Gasteiger partial charge in [0.15, 0.2) is 11.5 Å². The molecule has 3 N–H and O–H groups in total. The summed E-state index contributed by atoms with van der Waals surface area (Å²) in [6.45, 7) is 2.59. The molecule has 0 saturated carbocycles. The number of anilines is 1. The molecule has 1 atom stereocenters. The molecule has 100 valence electrons. The molecule has 0 saturated heterocycles. The van der Waals surface area contributed by atoms with E-state index < -0.39 is 15.3 Å². The Hall–Kier alpha value is -1.47. The van der Waals surface area contributed by atoms with E-state index >= 15 is 0 Å². The van der Waals surface area contributed by atoms with Gasteiger partial charge in [0.1, 0.15) is 13.2 Å². The molecule has 0 bridgehead atoms. The van der Waals surface area contributed by atoms with Gasteiger partial charge < -0.3 is 15.2 Å². The highest BCUT2D eigenvalue weighted by atomic mass is 32.2. The van der Waals surface area contributed by atoms with Crippen LogP contribution in [0.25, 0.3) is 0 Å². The minimum absolute atomic E-state index is 0.0693. The minimum Gasteiger partial charge on any atom is -0.486 e. The third-order valence-corrected chi connectivity index (χ3v) is 4.44. The number of sulfonamides is 1. The van der Waals surface area contributed by atoms with Crippen LogP contribution >= 0.6 is 0 Å². The Morgan fingerprint density at radius 3 is 2.67 bits per heavy atom. The number of rotatable bonds is 4. The molecule has 0 aliphatic carbocycles. The molecular formula is C11H16N2O4S. The van der Waals surface area contributed by atoms with Crippen molar-refractivity contribution in [3.05, 3.63) is 18.2 Å². The Morgan fingerprint density at radius 2 is 2.00 bits per heavy atom. The van der Waals surface area contributed by atoms with E-state index in [9.17, 15) is 8.42 Å². The smallest absolute Gasteiger partial charge is 0.236 e. The first-order chi connectivity index (χ1) is 8.53. The summed E-state index contributed by atoms with van der Waals surface area (Å²) in [4.78, 5) is 0. The predicted octanol–water partition coefficient (Wildman–Crippen LogP) is 0.547. The fourth-order valence-corrected chi connectivity index (χ4v) is 2.41. The van der Waals surface area contributed by atoms with Gasteiger partial charge in [0.05, 0.1) is 10.9 Å². The summed E-state index contributed by atoms with van der Waals surface area (Å²) in [5.41, 5.74) is 5.80. The lowest BCUT2D eigenvalue weighted by Crippen LogP contribution is -2.31. The molecule has 6 nitrogen and oxygen atoms in total. The average Bonchev–Trinajstić information content (AvgIpc) is 2.37. The van der Waals surface area contributed by atoms with Crippen LogP contribution in [-0.4, -0.2) is 33.4 Å². The van der Waals surface area contributed by atoms with E-state index in [0.29, 0.717) is 30.4 Å². The normalized spacial score (nSPS) is 16.1. The van der Waals surface area contributed by atoms with Crippen molar-refractivity contribution in [2.24, 2.45) is 5.73 Å². The SMILES string of the molecule is CC(CN)S(=O)(=O)Nc1ccc2c(c1)OCCO2. The van der Waals surface area contributed by atoms with Gasteiger partial charge in [-0.2, -0.15) is 0 Å². The van der Waals surface area contributed by atoms with Gasteiger partial charge in [-0.05, 0) is 19.1 Å². The Kier molecular flexibility index (Phi) is 3.63. The maximum absolute atomic E-state index is 11.8. The number of ether oxygens (including phenoxy) is 2. The van der Waals surface area contributed by atoms with E-state index in [1.54, 1.807) is 25.1 Å². The third-order valence-electron chi connectivity index (χ3n) is 2.66. The summed E-state index contributed by atoms with van der Waals surface area (Å²) >= 11 is 0. The molecule has 1 aliphatic heterocycles. The first kappa shape index (κ1) is 13.0. The van der Waals surface area contributed by atoms with Crippen molar-refractivity contribution in [1.29, 1.82) is 0 Å². The fraction of sp³-hybridized carbons (Fsp3) is 0.455. The highest BCUT2D eigenvalue weighted by molar-refractivity contribution is 7.93. The van der Waals surface area contributed by atoms with Crippen molar-refractivity contribution in [1.82, 2.24) is 0 Å². The molecule has 1 aromatic rings. The van der Waals surface area contributed by atoms with Crippen LogP contribution in [0.1, 0.15) is 6.92 Å². The fourth-order valence-electron chi connectivity index (χ4n) is 1.50. The predicted molar refractivity (Wildman–Crippen MR) is 68.5 cm³/mol. The number of fused-ring (bicyclic) bond motifs is 1. The van der Waals surface area contributed by atoms with Gasteiger partial charge in [-0.15, -0.1) is 0 Å². The summed E-state index contributed by atoms with van der Waals surface area (Å²) in [5.74, 6) is 1.16. The van der Waals surface area contributed by atoms with Gasteiger partial charge in [-0.3, -0.25) is 4.72 Å². The summed E-state index contributed by atoms with van der Waals surface area (Å²) in [6, 6.07) is 4.92. The number of hydrogen-bond acceptors (Lipinski definition) is 5. The van der Waals surface area contributed by atoms with E-state index in [4.69, 9.17) is 15.2 Å². The van der Waals surface area contributed by atoms with E-state index in [0.717, 1.165) is 0 Å². The lowest BCUT2D eigenvalue weighted by molar-refractivity contribution is 0.171. The van der Waals surface area contributed by atoms with Gasteiger partial charge >= 0.3 is 0 Å². The van der Waals surface area contributed by atoms with Crippen molar-refractivity contribution >= 4 is 15.7 Å². The monoisotopic (exact) mass is 272 g/mol. The Morgan fingerprint density at radius 1 is 1.33 bits per heavy atom. The first-order valence-corrected chi connectivity index (χ1v) is 7.19. The topological polar surface area (TPSA) is 90.7 Å². The molecule has 0 radical (unpaired) electrons. The van der Waals surface area contributed by atoms with Gasteiger partial charge in [-0.25, -0.2) is 8.42 Å². The van der Waals surface area contributed by atoms with E-state index in [1.165, 1.54) is 0 Å². The van der Waals surface area contributed by atoms with Gasteiger partial charge in [0, 0.05) is 12.6 Å². The zero-order chi connectivity index (χ0) is 13.2. The summed E-state index contributed by atoms with van der Waals surface area (Å²) in [6.07, 6.45) is 0. The van der Waals surface area contributed by atoms with Crippen molar-refractivity contribution < 1.29 is 17.9 Å². The lowest BCUT2D eigenvalue weighted by Gasteiger charge is -2.19. The Bertz CT molecular complexity index is 530. The zero-order valence-corrected chi connectivity index (χ0v) is 10.9. The highest BCUT2D eigenvalue weighted by Crippen LogP contribution is 2.32. The molecule has 0 spiro atoms. The van der Waals surface area contributed by atoms with Gasteiger partial charge in [0.2, 0.25) is 10.0 Å². The van der Waals surface area contributed by atoms with Crippen molar-refractivity contribution in [3.63, 3.8) is 0 Å². The van der Waals surface area contributed by atoms with Gasteiger partial charge in [0.25, 0.3) is 0 Å². The van der Waals surface area contributed by atoms with Crippen molar-refractivity contribution in [3.8, 4) is 11.5 Å². The third kappa shape index (κ3) is 2.68. The number of hydrogen-bond donors (Lipinski definition) is 2. The van der Waals surface area contributed by atoms with E-state index in [1.807, 2.05) is 0 Å². The largest absolute Gasteiger partial charge is 0.486 e. The molecule has 18 heavy (non-hydrogen) atoms. The van der Waals surface area contributed by atoms with E-state index in [-0.39, 0.29) is 6.54 Å². The second-order valence-corrected chi connectivity index (χ2v) is 6.15. The summed E-state index contributed by atoms with van der Waals surface area (Å²) < 4.78 is 36.9. The molecule has 2 rings (SSSR count). The molecule has 1 aliphatic rings. The number of benzene rings is 1.